The van der Waals surface area contributed by atoms with Crippen LogP contribution in [0.15, 0.2) is 22.6 Å². The summed E-state index contributed by atoms with van der Waals surface area (Å²) in [5.74, 6) is 0.496. The first-order valence-corrected chi connectivity index (χ1v) is 6.46. The number of hydrogen-bond donors (Lipinski definition) is 1. The molecular formula is C13H15ClFN3O. The first-order chi connectivity index (χ1) is 9.15. The Balaban J connectivity index is 2.20. The van der Waals surface area contributed by atoms with E-state index in [0.29, 0.717) is 22.4 Å². The van der Waals surface area contributed by atoms with Crippen LogP contribution in [0.25, 0.3) is 0 Å². The fraction of sp³-hybridized carbons (Fsp3) is 0.385. The van der Waals surface area contributed by atoms with E-state index in [9.17, 15) is 4.39 Å². The van der Waals surface area contributed by atoms with Crippen LogP contribution in [0.3, 0.4) is 0 Å². The van der Waals surface area contributed by atoms with Gasteiger partial charge >= 0.3 is 0 Å². The lowest BCUT2D eigenvalue weighted by atomic mass is 10.1. The highest BCUT2D eigenvalue weighted by molar-refractivity contribution is 6.31. The molecule has 0 bridgehead atoms. The Morgan fingerprint density at radius 1 is 1.42 bits per heavy atom. The average Bonchev–Trinajstić information content (AvgIpc) is 2.84. The van der Waals surface area contributed by atoms with Crippen LogP contribution in [0.4, 0.5) is 4.39 Å². The third-order valence-corrected chi connectivity index (χ3v) is 3.28. The summed E-state index contributed by atoms with van der Waals surface area (Å²) in [6.07, 6.45) is 1.03. The van der Waals surface area contributed by atoms with Gasteiger partial charge in [-0.25, -0.2) is 4.39 Å². The van der Waals surface area contributed by atoms with Gasteiger partial charge in [-0.3, -0.25) is 0 Å². The summed E-state index contributed by atoms with van der Waals surface area (Å²) in [6, 6.07) is 4.58. The number of aromatic nitrogens is 2. The number of nitrogens with one attached hydrogen (secondary N) is 1. The molecule has 6 heteroatoms. The van der Waals surface area contributed by atoms with Gasteiger partial charge in [-0.2, -0.15) is 0 Å². The van der Waals surface area contributed by atoms with Gasteiger partial charge in [0.25, 0.3) is 0 Å². The van der Waals surface area contributed by atoms with Gasteiger partial charge in [0.15, 0.2) is 0 Å². The Kier molecular flexibility index (Phi) is 4.50. The largest absolute Gasteiger partial charge is 0.423 e. The van der Waals surface area contributed by atoms with Crippen molar-refractivity contribution in [1.82, 2.24) is 15.5 Å². The molecule has 1 aromatic heterocycles. The van der Waals surface area contributed by atoms with Crippen molar-refractivity contribution in [3.63, 3.8) is 0 Å². The average molecular weight is 284 g/mol. The Morgan fingerprint density at radius 3 is 2.84 bits per heavy atom. The summed E-state index contributed by atoms with van der Waals surface area (Å²) < 4.78 is 19.2. The van der Waals surface area contributed by atoms with Crippen molar-refractivity contribution in [2.75, 3.05) is 7.05 Å². The van der Waals surface area contributed by atoms with E-state index in [1.165, 1.54) is 6.07 Å². The molecule has 4 nitrogen and oxygen atoms in total. The van der Waals surface area contributed by atoms with Gasteiger partial charge in [-0.15, -0.1) is 10.2 Å². The van der Waals surface area contributed by atoms with E-state index in [4.69, 9.17) is 16.0 Å². The zero-order valence-electron chi connectivity index (χ0n) is 10.8. The van der Waals surface area contributed by atoms with E-state index in [1.807, 2.05) is 14.0 Å². The van der Waals surface area contributed by atoms with Crippen molar-refractivity contribution >= 4 is 11.6 Å². The lowest BCUT2D eigenvalue weighted by molar-refractivity contribution is 0.389. The van der Waals surface area contributed by atoms with Crippen LogP contribution >= 0.6 is 11.6 Å². The number of halogens is 2. The lowest BCUT2D eigenvalue weighted by Gasteiger charge is -2.07. The number of nitrogens with zero attached hydrogens (tertiary/aromatic N) is 2. The second-order valence-electron chi connectivity index (χ2n) is 4.16. The van der Waals surface area contributed by atoms with Crippen LogP contribution in [-0.4, -0.2) is 17.2 Å². The summed E-state index contributed by atoms with van der Waals surface area (Å²) in [6.45, 7) is 2.01. The fourth-order valence-electron chi connectivity index (χ4n) is 1.83. The van der Waals surface area contributed by atoms with Crippen LogP contribution in [0.5, 0.6) is 0 Å². The number of rotatable bonds is 5. The van der Waals surface area contributed by atoms with Gasteiger partial charge in [0.05, 0.1) is 12.5 Å². The Morgan fingerprint density at radius 2 is 2.21 bits per heavy atom. The summed E-state index contributed by atoms with van der Waals surface area (Å²) >= 11 is 5.96. The van der Waals surface area contributed by atoms with Crippen molar-refractivity contribution in [3.05, 3.63) is 46.4 Å². The highest BCUT2D eigenvalue weighted by atomic mass is 35.5. The van der Waals surface area contributed by atoms with Crippen molar-refractivity contribution in [3.8, 4) is 0 Å². The maximum Gasteiger partial charge on any atom is 0.233 e. The van der Waals surface area contributed by atoms with Crippen molar-refractivity contribution in [1.29, 1.82) is 0 Å². The predicted molar refractivity (Wildman–Crippen MR) is 70.6 cm³/mol. The molecule has 1 N–H and O–H groups in total. The van der Waals surface area contributed by atoms with Crippen molar-refractivity contribution in [2.24, 2.45) is 0 Å². The second kappa shape index (κ2) is 6.12. The van der Waals surface area contributed by atoms with Crippen molar-refractivity contribution in [2.45, 2.75) is 25.8 Å². The first kappa shape index (κ1) is 14.0. The van der Waals surface area contributed by atoms with Gasteiger partial charge in [0, 0.05) is 10.6 Å². The van der Waals surface area contributed by atoms with Gasteiger partial charge in [-0.05, 0) is 25.6 Å². The minimum atomic E-state index is -0.368. The van der Waals surface area contributed by atoms with E-state index in [1.54, 1.807) is 12.1 Å². The molecule has 1 aromatic carbocycles. The molecule has 0 spiro atoms. The van der Waals surface area contributed by atoms with E-state index in [0.717, 1.165) is 6.42 Å². The van der Waals surface area contributed by atoms with E-state index in [2.05, 4.69) is 15.5 Å². The third kappa shape index (κ3) is 3.11. The molecule has 102 valence electrons. The molecule has 0 aliphatic rings. The second-order valence-corrected chi connectivity index (χ2v) is 4.57. The number of benzene rings is 1. The normalized spacial score (nSPS) is 12.6. The summed E-state index contributed by atoms with van der Waals surface area (Å²) in [4.78, 5) is 0. The zero-order chi connectivity index (χ0) is 13.8. The quantitative estimate of drug-likeness (QED) is 0.916. The Hall–Kier alpha value is -1.46. The van der Waals surface area contributed by atoms with Gasteiger partial charge in [0.2, 0.25) is 11.8 Å². The maximum atomic E-state index is 13.6. The zero-order valence-corrected chi connectivity index (χ0v) is 11.5. The predicted octanol–water partition coefficient (Wildman–Crippen LogP) is 3.12. The summed E-state index contributed by atoms with van der Waals surface area (Å²) in [7, 11) is 1.83. The van der Waals surface area contributed by atoms with E-state index >= 15 is 0 Å². The molecule has 0 saturated carbocycles. The van der Waals surface area contributed by atoms with Gasteiger partial charge < -0.3 is 9.73 Å². The smallest absolute Gasteiger partial charge is 0.233 e. The fourth-order valence-corrected chi connectivity index (χ4v) is 2.06. The Labute approximate surface area is 116 Å². The van der Waals surface area contributed by atoms with E-state index in [-0.39, 0.29) is 18.3 Å². The highest BCUT2D eigenvalue weighted by Crippen LogP contribution is 2.23. The minimum absolute atomic E-state index is 0.0114. The Bertz CT molecular complexity index is 534. The molecule has 0 aliphatic carbocycles. The molecule has 2 rings (SSSR count). The topological polar surface area (TPSA) is 51.0 Å². The molecule has 0 saturated heterocycles. The van der Waals surface area contributed by atoms with Crippen LogP contribution < -0.4 is 5.32 Å². The molecule has 0 radical (unpaired) electrons. The maximum absolute atomic E-state index is 13.6. The molecular weight excluding hydrogens is 269 g/mol. The number of hydrogen-bond acceptors (Lipinski definition) is 4. The van der Waals surface area contributed by atoms with Crippen molar-refractivity contribution < 1.29 is 8.81 Å². The van der Waals surface area contributed by atoms with Crippen LogP contribution in [0.1, 0.15) is 36.7 Å². The SMILES string of the molecule is CCC(NC)c1nnc(Cc2c(F)cccc2Cl)o1. The molecule has 0 aliphatic heterocycles. The molecule has 2 aromatic rings. The molecule has 1 atom stereocenters. The molecule has 1 unspecified atom stereocenters. The standard InChI is InChI=1S/C13H15ClFN3O/c1-3-11(16-2)13-18-17-12(19-13)7-8-9(14)5-4-6-10(8)15/h4-6,11,16H,3,7H2,1-2H3. The molecule has 1 heterocycles. The van der Waals surface area contributed by atoms with Gasteiger partial charge in [0.1, 0.15) is 5.82 Å². The van der Waals surface area contributed by atoms with Crippen LogP contribution in [-0.2, 0) is 6.42 Å². The summed E-state index contributed by atoms with van der Waals surface area (Å²) in [5.41, 5.74) is 0.372. The molecule has 0 fully saturated rings. The lowest BCUT2D eigenvalue weighted by Crippen LogP contribution is -2.15. The first-order valence-electron chi connectivity index (χ1n) is 6.08. The minimum Gasteiger partial charge on any atom is -0.423 e. The third-order valence-electron chi connectivity index (χ3n) is 2.93. The molecule has 0 amide bonds. The van der Waals surface area contributed by atoms with Gasteiger partial charge in [-0.1, -0.05) is 24.6 Å². The van der Waals surface area contributed by atoms with Crippen LogP contribution in [0.2, 0.25) is 5.02 Å². The summed E-state index contributed by atoms with van der Waals surface area (Å²) in [5, 5.41) is 11.3. The monoisotopic (exact) mass is 283 g/mol. The molecule has 19 heavy (non-hydrogen) atoms. The highest BCUT2D eigenvalue weighted by Gasteiger charge is 2.17. The van der Waals surface area contributed by atoms with Crippen LogP contribution in [0, 0.1) is 5.82 Å². The van der Waals surface area contributed by atoms with E-state index < -0.39 is 0 Å².